The monoisotopic (exact) mass is 426 g/mol. The minimum absolute atomic E-state index is 0.175. The molecule has 1 aromatic heterocycles. The van der Waals surface area contributed by atoms with E-state index in [1.807, 2.05) is 13.8 Å². The van der Waals surface area contributed by atoms with Crippen LogP contribution in [0.3, 0.4) is 0 Å². The molecule has 0 saturated carbocycles. The zero-order valence-corrected chi connectivity index (χ0v) is 17.8. The lowest BCUT2D eigenvalue weighted by Crippen LogP contribution is -2.35. The van der Waals surface area contributed by atoms with Gasteiger partial charge in [-0.3, -0.25) is 0 Å². The van der Waals surface area contributed by atoms with Crippen molar-refractivity contribution < 1.29 is 13.2 Å². The standard InChI is InChI=1S/C24H25F3N4/c1-15-16(2)29-23(28-14-18-7-6-9-20(13-18)24(25,26)27)30-22(15)31-12-11-19-8-4-5-10-21(19)17(31)3/h4-10,13,17H,11-12,14H2,1-3H3,(H,28,29,30). The first-order chi connectivity index (χ1) is 14.7. The summed E-state index contributed by atoms with van der Waals surface area (Å²) in [6.07, 6.45) is -3.42. The highest BCUT2D eigenvalue weighted by Crippen LogP contribution is 2.35. The number of nitrogens with one attached hydrogen (secondary N) is 1. The number of anilines is 2. The topological polar surface area (TPSA) is 41.1 Å². The molecule has 0 fully saturated rings. The van der Waals surface area contributed by atoms with Crippen LogP contribution >= 0.6 is 0 Å². The number of alkyl halides is 3. The second-order valence-electron chi connectivity index (χ2n) is 7.95. The van der Waals surface area contributed by atoms with E-state index in [1.54, 1.807) is 6.07 Å². The van der Waals surface area contributed by atoms with Gasteiger partial charge in [0, 0.05) is 24.3 Å². The van der Waals surface area contributed by atoms with Gasteiger partial charge in [0.05, 0.1) is 11.6 Å². The second kappa shape index (κ2) is 8.21. The lowest BCUT2D eigenvalue weighted by Gasteiger charge is -2.37. The van der Waals surface area contributed by atoms with Crippen LogP contribution in [0.1, 0.15) is 46.5 Å². The number of hydrogen-bond acceptors (Lipinski definition) is 4. The van der Waals surface area contributed by atoms with Crippen LogP contribution < -0.4 is 10.2 Å². The molecule has 31 heavy (non-hydrogen) atoms. The highest BCUT2D eigenvalue weighted by Gasteiger charge is 2.30. The number of aromatic nitrogens is 2. The highest BCUT2D eigenvalue weighted by atomic mass is 19.4. The summed E-state index contributed by atoms with van der Waals surface area (Å²) in [6.45, 7) is 7.17. The van der Waals surface area contributed by atoms with E-state index in [1.165, 1.54) is 17.2 Å². The van der Waals surface area contributed by atoms with Crippen molar-refractivity contribution in [2.24, 2.45) is 0 Å². The number of halogens is 3. The van der Waals surface area contributed by atoms with Gasteiger partial charge in [0.2, 0.25) is 5.95 Å². The Kier molecular flexibility index (Phi) is 5.60. The molecular weight excluding hydrogens is 401 g/mol. The van der Waals surface area contributed by atoms with Gasteiger partial charge in [0.15, 0.2) is 0 Å². The Balaban J connectivity index is 1.58. The highest BCUT2D eigenvalue weighted by molar-refractivity contribution is 5.55. The van der Waals surface area contributed by atoms with Gasteiger partial charge in [-0.1, -0.05) is 36.4 Å². The van der Waals surface area contributed by atoms with E-state index in [9.17, 15) is 13.2 Å². The summed E-state index contributed by atoms with van der Waals surface area (Å²) in [5, 5.41) is 3.10. The fourth-order valence-corrected chi connectivity index (χ4v) is 4.07. The van der Waals surface area contributed by atoms with E-state index in [2.05, 4.69) is 46.4 Å². The van der Waals surface area contributed by atoms with Crippen LogP contribution in [0.2, 0.25) is 0 Å². The second-order valence-corrected chi connectivity index (χ2v) is 7.95. The maximum absolute atomic E-state index is 13.0. The normalized spacial score (nSPS) is 16.2. The van der Waals surface area contributed by atoms with E-state index < -0.39 is 11.7 Å². The average Bonchev–Trinajstić information content (AvgIpc) is 2.75. The van der Waals surface area contributed by atoms with Gasteiger partial charge in [0.1, 0.15) is 5.82 Å². The minimum Gasteiger partial charge on any atom is -0.350 e. The molecule has 2 aromatic carbocycles. The van der Waals surface area contributed by atoms with Crippen molar-refractivity contribution >= 4 is 11.8 Å². The predicted molar refractivity (Wildman–Crippen MR) is 116 cm³/mol. The molecule has 4 nitrogen and oxygen atoms in total. The van der Waals surface area contributed by atoms with Crippen LogP contribution in [0.5, 0.6) is 0 Å². The molecule has 0 aliphatic carbocycles. The molecule has 1 atom stereocenters. The smallest absolute Gasteiger partial charge is 0.350 e. The van der Waals surface area contributed by atoms with Gasteiger partial charge in [-0.25, -0.2) is 4.98 Å². The Bertz CT molecular complexity index is 1090. The van der Waals surface area contributed by atoms with Crippen LogP contribution in [0.15, 0.2) is 48.5 Å². The Morgan fingerprint density at radius 2 is 1.84 bits per heavy atom. The average molecular weight is 426 g/mol. The minimum atomic E-state index is -4.36. The largest absolute Gasteiger partial charge is 0.416 e. The number of rotatable bonds is 4. The molecule has 2 heterocycles. The first-order valence-corrected chi connectivity index (χ1v) is 10.3. The van der Waals surface area contributed by atoms with Crippen molar-refractivity contribution in [3.8, 4) is 0 Å². The summed E-state index contributed by atoms with van der Waals surface area (Å²) >= 11 is 0. The van der Waals surface area contributed by atoms with Gasteiger partial charge in [0.25, 0.3) is 0 Å². The lowest BCUT2D eigenvalue weighted by atomic mass is 9.93. The van der Waals surface area contributed by atoms with E-state index in [0.29, 0.717) is 11.5 Å². The maximum Gasteiger partial charge on any atom is 0.416 e. The molecule has 162 valence electrons. The summed E-state index contributed by atoms with van der Waals surface area (Å²) in [6, 6.07) is 13.9. The third kappa shape index (κ3) is 4.36. The zero-order valence-electron chi connectivity index (χ0n) is 17.8. The van der Waals surface area contributed by atoms with Gasteiger partial charge < -0.3 is 10.2 Å². The Labute approximate surface area is 180 Å². The molecule has 7 heteroatoms. The van der Waals surface area contributed by atoms with Crippen molar-refractivity contribution in [2.45, 2.75) is 46.0 Å². The Morgan fingerprint density at radius 3 is 2.61 bits per heavy atom. The van der Waals surface area contributed by atoms with Gasteiger partial charge in [-0.15, -0.1) is 0 Å². The molecule has 0 radical (unpaired) electrons. The van der Waals surface area contributed by atoms with Crippen LogP contribution in [0.4, 0.5) is 24.9 Å². The number of benzene rings is 2. The molecule has 4 rings (SSSR count). The van der Waals surface area contributed by atoms with Crippen molar-refractivity contribution in [3.05, 3.63) is 82.0 Å². The fourth-order valence-electron chi connectivity index (χ4n) is 4.07. The molecule has 0 amide bonds. The molecule has 1 aliphatic heterocycles. The van der Waals surface area contributed by atoms with Gasteiger partial charge >= 0.3 is 6.18 Å². The van der Waals surface area contributed by atoms with Crippen LogP contribution in [0, 0.1) is 13.8 Å². The quantitative estimate of drug-likeness (QED) is 0.568. The molecule has 3 aromatic rings. The summed E-state index contributed by atoms with van der Waals surface area (Å²) in [5.41, 5.74) is 4.38. The number of nitrogens with zero attached hydrogens (tertiary/aromatic N) is 3. The van der Waals surface area contributed by atoms with Gasteiger partial charge in [-0.05, 0) is 56.0 Å². The molecular formula is C24H25F3N4. The van der Waals surface area contributed by atoms with Crippen molar-refractivity contribution in [3.63, 3.8) is 0 Å². The first kappa shape index (κ1) is 21.2. The summed E-state index contributed by atoms with van der Waals surface area (Å²) in [4.78, 5) is 11.5. The Morgan fingerprint density at radius 1 is 1.06 bits per heavy atom. The number of aryl methyl sites for hydroxylation is 1. The van der Waals surface area contributed by atoms with Crippen molar-refractivity contribution in [1.82, 2.24) is 9.97 Å². The molecule has 0 spiro atoms. The van der Waals surface area contributed by atoms with Crippen molar-refractivity contribution in [2.75, 3.05) is 16.8 Å². The van der Waals surface area contributed by atoms with E-state index in [4.69, 9.17) is 4.98 Å². The van der Waals surface area contributed by atoms with Crippen molar-refractivity contribution in [1.29, 1.82) is 0 Å². The third-order valence-electron chi connectivity index (χ3n) is 5.94. The van der Waals surface area contributed by atoms with Crippen LogP contribution in [-0.2, 0) is 19.1 Å². The SMILES string of the molecule is Cc1nc(NCc2cccc(C(F)(F)F)c2)nc(N2CCc3ccccc3C2C)c1C. The molecule has 0 saturated heterocycles. The lowest BCUT2D eigenvalue weighted by molar-refractivity contribution is -0.137. The van der Waals surface area contributed by atoms with Gasteiger partial charge in [-0.2, -0.15) is 18.2 Å². The molecule has 1 aliphatic rings. The molecule has 0 bridgehead atoms. The van der Waals surface area contributed by atoms with Crippen LogP contribution in [0.25, 0.3) is 0 Å². The number of hydrogen-bond donors (Lipinski definition) is 1. The van der Waals surface area contributed by atoms with Crippen LogP contribution in [-0.4, -0.2) is 16.5 Å². The third-order valence-corrected chi connectivity index (χ3v) is 5.94. The first-order valence-electron chi connectivity index (χ1n) is 10.3. The zero-order chi connectivity index (χ0) is 22.2. The number of fused-ring (bicyclic) bond motifs is 1. The summed E-state index contributed by atoms with van der Waals surface area (Å²) < 4.78 is 38.9. The molecule has 1 unspecified atom stereocenters. The fraction of sp³-hybridized carbons (Fsp3) is 0.333. The summed E-state index contributed by atoms with van der Waals surface area (Å²) in [5.74, 6) is 1.28. The summed E-state index contributed by atoms with van der Waals surface area (Å²) in [7, 11) is 0. The Hall–Kier alpha value is -3.09. The van der Waals surface area contributed by atoms with E-state index in [0.717, 1.165) is 42.2 Å². The molecule has 1 N–H and O–H groups in total. The predicted octanol–water partition coefficient (Wildman–Crippen LogP) is 5.85. The maximum atomic E-state index is 13.0. The van der Waals surface area contributed by atoms with E-state index in [-0.39, 0.29) is 12.6 Å². The van der Waals surface area contributed by atoms with E-state index >= 15 is 0 Å².